The molecule has 1 saturated heterocycles. The second-order valence-electron chi connectivity index (χ2n) is 8.23. The van der Waals surface area contributed by atoms with E-state index in [1.165, 1.54) is 4.90 Å². The molecule has 0 radical (unpaired) electrons. The number of oxazole rings is 1. The number of likely N-dealkylation sites (tertiary alicyclic amines) is 1. The van der Waals surface area contributed by atoms with Gasteiger partial charge >= 0.3 is 6.18 Å². The van der Waals surface area contributed by atoms with E-state index in [2.05, 4.69) is 4.98 Å². The van der Waals surface area contributed by atoms with Gasteiger partial charge in [-0.05, 0) is 37.5 Å². The maximum atomic E-state index is 13.2. The van der Waals surface area contributed by atoms with Crippen LogP contribution in [0.4, 0.5) is 13.2 Å². The number of hydrogen-bond acceptors (Lipinski definition) is 6. The van der Waals surface area contributed by atoms with Crippen molar-refractivity contribution in [3.05, 3.63) is 41.6 Å². The molecule has 2 aliphatic rings. The fourth-order valence-electron chi connectivity index (χ4n) is 4.06. The highest BCUT2D eigenvalue weighted by Crippen LogP contribution is 2.58. The summed E-state index contributed by atoms with van der Waals surface area (Å²) in [6, 6.07) is 3.30. The Morgan fingerprint density at radius 3 is 2.68 bits per heavy atom. The summed E-state index contributed by atoms with van der Waals surface area (Å²) in [7, 11) is -3.68. The Balaban J connectivity index is 1.65. The second-order valence-corrected chi connectivity index (χ2v) is 10.2. The first-order valence-corrected chi connectivity index (χ1v) is 11.5. The lowest BCUT2D eigenvalue weighted by Crippen LogP contribution is -2.35. The van der Waals surface area contributed by atoms with Gasteiger partial charge in [0.15, 0.2) is 21.8 Å². The minimum Gasteiger partial charge on any atom is -0.480 e. The van der Waals surface area contributed by atoms with Gasteiger partial charge in [-0.25, -0.2) is 13.4 Å². The Bertz CT molecular complexity index is 1140. The number of piperidine rings is 1. The lowest BCUT2D eigenvalue weighted by atomic mass is 10.0. The predicted octanol–water partition coefficient (Wildman–Crippen LogP) is 3.13. The largest absolute Gasteiger partial charge is 0.480 e. The van der Waals surface area contributed by atoms with Crippen LogP contribution in [0.3, 0.4) is 0 Å². The number of hydrogen-bond donors (Lipinski definition) is 0. The maximum Gasteiger partial charge on any atom is 0.425 e. The summed E-state index contributed by atoms with van der Waals surface area (Å²) >= 11 is 0. The number of amides is 1. The van der Waals surface area contributed by atoms with Crippen molar-refractivity contribution in [1.82, 2.24) is 9.88 Å². The highest BCUT2D eigenvalue weighted by molar-refractivity contribution is 7.90. The van der Waals surface area contributed by atoms with E-state index in [-0.39, 0.29) is 27.5 Å². The standard InChI is InChI=1S/C20H21F3N2O5S/c1-11(20(21,22)23)30-16-5-4-14(31(3,27)28)6-15(16)18(26)25-8-13-7-19(13,10-25)17-9-29-12(2)24-17/h4-6,9,11,13H,7-8,10H2,1-3H3. The first kappa shape index (κ1) is 21.7. The fraction of sp³-hybridized carbons (Fsp3) is 0.500. The molecule has 2 fully saturated rings. The van der Waals surface area contributed by atoms with Crippen LogP contribution in [0.5, 0.6) is 5.75 Å². The Labute approximate surface area is 177 Å². The summed E-state index contributed by atoms with van der Waals surface area (Å²) in [6.45, 7) is 3.26. The zero-order valence-electron chi connectivity index (χ0n) is 17.1. The number of benzene rings is 1. The van der Waals surface area contributed by atoms with Gasteiger partial charge in [0.1, 0.15) is 12.0 Å². The minimum absolute atomic E-state index is 0.164. The molecule has 11 heteroatoms. The molecule has 168 valence electrons. The molecule has 1 aromatic carbocycles. The van der Waals surface area contributed by atoms with Gasteiger partial charge in [-0.1, -0.05) is 0 Å². The highest BCUT2D eigenvalue weighted by atomic mass is 32.2. The number of carbonyl (C=O) groups is 1. The molecular weight excluding hydrogens is 437 g/mol. The summed E-state index contributed by atoms with van der Waals surface area (Å²) in [6.07, 6.45) is -3.45. The lowest BCUT2D eigenvalue weighted by Gasteiger charge is -2.24. The first-order chi connectivity index (χ1) is 14.3. The number of aryl methyl sites for hydroxylation is 1. The van der Waals surface area contributed by atoms with Crippen LogP contribution >= 0.6 is 0 Å². The molecule has 4 rings (SSSR count). The average molecular weight is 458 g/mol. The Morgan fingerprint density at radius 1 is 1.39 bits per heavy atom. The quantitative estimate of drug-likeness (QED) is 0.684. The normalized spacial score (nSPS) is 24.1. The molecule has 1 aliphatic heterocycles. The summed E-state index contributed by atoms with van der Waals surface area (Å²) in [5.41, 5.74) is 0.200. The molecule has 0 N–H and O–H groups in total. The van der Waals surface area contributed by atoms with Crippen molar-refractivity contribution in [2.75, 3.05) is 19.3 Å². The topological polar surface area (TPSA) is 89.7 Å². The SMILES string of the molecule is Cc1nc(C23CC2CN(C(=O)c2cc(S(C)(=O)=O)ccc2OC(C)C(F)(F)F)C3)co1. The number of halogens is 3. The molecular formula is C20H21F3N2O5S. The van der Waals surface area contributed by atoms with Gasteiger partial charge in [0.2, 0.25) is 0 Å². The molecule has 1 amide bonds. The van der Waals surface area contributed by atoms with E-state index in [1.807, 2.05) is 0 Å². The number of ether oxygens (including phenoxy) is 1. The highest BCUT2D eigenvalue weighted by Gasteiger charge is 2.63. The van der Waals surface area contributed by atoms with E-state index in [0.717, 1.165) is 43.5 Å². The monoisotopic (exact) mass is 458 g/mol. The molecule has 31 heavy (non-hydrogen) atoms. The van der Waals surface area contributed by atoms with Crippen LogP contribution in [0.25, 0.3) is 0 Å². The Kier molecular flexibility index (Phi) is 4.87. The molecule has 2 heterocycles. The third-order valence-corrected chi connectivity index (χ3v) is 7.05. The second kappa shape index (κ2) is 6.98. The van der Waals surface area contributed by atoms with Crippen LogP contribution in [-0.2, 0) is 15.3 Å². The van der Waals surface area contributed by atoms with Gasteiger partial charge in [-0.2, -0.15) is 13.2 Å². The fourth-order valence-corrected chi connectivity index (χ4v) is 4.71. The smallest absolute Gasteiger partial charge is 0.425 e. The van der Waals surface area contributed by atoms with Gasteiger partial charge in [-0.3, -0.25) is 4.79 Å². The zero-order valence-corrected chi connectivity index (χ0v) is 17.9. The van der Waals surface area contributed by atoms with E-state index < -0.39 is 28.0 Å². The molecule has 0 bridgehead atoms. The number of nitrogens with zero attached hydrogens (tertiary/aromatic N) is 2. The van der Waals surface area contributed by atoms with E-state index in [1.54, 1.807) is 13.2 Å². The van der Waals surface area contributed by atoms with Crippen molar-refractivity contribution in [3.8, 4) is 5.75 Å². The van der Waals surface area contributed by atoms with E-state index in [0.29, 0.717) is 19.0 Å². The molecule has 3 unspecified atom stereocenters. The van der Waals surface area contributed by atoms with Crippen LogP contribution < -0.4 is 4.74 Å². The van der Waals surface area contributed by atoms with Crippen LogP contribution in [0.2, 0.25) is 0 Å². The predicted molar refractivity (Wildman–Crippen MR) is 103 cm³/mol. The van der Waals surface area contributed by atoms with E-state index >= 15 is 0 Å². The number of alkyl halides is 3. The van der Waals surface area contributed by atoms with Crippen molar-refractivity contribution in [2.24, 2.45) is 5.92 Å². The van der Waals surface area contributed by atoms with Crippen molar-refractivity contribution in [1.29, 1.82) is 0 Å². The minimum atomic E-state index is -4.64. The molecule has 3 atom stereocenters. The summed E-state index contributed by atoms with van der Waals surface area (Å²) in [5, 5.41) is 0. The molecule has 1 saturated carbocycles. The van der Waals surface area contributed by atoms with Gasteiger partial charge in [0, 0.05) is 31.7 Å². The number of fused-ring (bicyclic) bond motifs is 1. The van der Waals surface area contributed by atoms with Gasteiger partial charge in [0.25, 0.3) is 5.91 Å². The molecule has 7 nitrogen and oxygen atoms in total. The van der Waals surface area contributed by atoms with E-state index in [4.69, 9.17) is 9.15 Å². The van der Waals surface area contributed by atoms with Crippen molar-refractivity contribution in [2.45, 2.75) is 42.9 Å². The van der Waals surface area contributed by atoms with Gasteiger partial charge in [0.05, 0.1) is 16.2 Å². The third kappa shape index (κ3) is 3.90. The Morgan fingerprint density at radius 2 is 2.10 bits per heavy atom. The molecule has 1 aromatic heterocycles. The van der Waals surface area contributed by atoms with E-state index in [9.17, 15) is 26.4 Å². The lowest BCUT2D eigenvalue weighted by molar-refractivity contribution is -0.189. The van der Waals surface area contributed by atoms with Crippen molar-refractivity contribution in [3.63, 3.8) is 0 Å². The number of sulfone groups is 1. The molecule has 1 aliphatic carbocycles. The van der Waals surface area contributed by atoms with Crippen molar-refractivity contribution < 1.29 is 35.5 Å². The van der Waals surface area contributed by atoms with Gasteiger partial charge in [-0.15, -0.1) is 0 Å². The number of rotatable bonds is 5. The van der Waals surface area contributed by atoms with Crippen LogP contribution in [0, 0.1) is 12.8 Å². The van der Waals surface area contributed by atoms with Gasteiger partial charge < -0.3 is 14.1 Å². The first-order valence-electron chi connectivity index (χ1n) is 9.60. The van der Waals surface area contributed by atoms with Crippen LogP contribution in [0.15, 0.2) is 33.8 Å². The number of carbonyl (C=O) groups excluding carboxylic acids is 1. The Hall–Kier alpha value is -2.56. The maximum absolute atomic E-state index is 13.2. The zero-order chi connectivity index (χ0) is 22.8. The third-order valence-electron chi connectivity index (χ3n) is 5.94. The van der Waals surface area contributed by atoms with Crippen LogP contribution in [-0.4, -0.2) is 55.8 Å². The summed E-state index contributed by atoms with van der Waals surface area (Å²) in [4.78, 5) is 19.0. The van der Waals surface area contributed by atoms with Crippen LogP contribution in [0.1, 0.15) is 35.3 Å². The number of aromatic nitrogens is 1. The summed E-state index contributed by atoms with van der Waals surface area (Å²) < 4.78 is 73.2. The summed E-state index contributed by atoms with van der Waals surface area (Å²) in [5.74, 6) is -0.217. The van der Waals surface area contributed by atoms with Crippen molar-refractivity contribution >= 4 is 15.7 Å². The molecule has 2 aromatic rings. The molecule has 0 spiro atoms. The average Bonchev–Trinajstić information content (AvgIpc) is 2.99.